The van der Waals surface area contributed by atoms with Crippen LogP contribution in [0.4, 0.5) is 5.82 Å². The van der Waals surface area contributed by atoms with E-state index in [4.69, 9.17) is 26.8 Å². The molecule has 114 valence electrons. The lowest BCUT2D eigenvalue weighted by Crippen LogP contribution is -2.03. The van der Waals surface area contributed by atoms with Crippen LogP contribution in [0.2, 0.25) is 5.02 Å². The van der Waals surface area contributed by atoms with Gasteiger partial charge < -0.3 is 15.2 Å². The number of benzene rings is 1. The monoisotopic (exact) mass is 309 g/mol. The van der Waals surface area contributed by atoms with E-state index in [0.29, 0.717) is 22.3 Å². The number of rotatable bonds is 4. The average molecular weight is 310 g/mol. The van der Waals surface area contributed by atoms with E-state index in [1.807, 2.05) is 6.07 Å². The highest BCUT2D eigenvalue weighted by atomic mass is 35.5. The molecule has 0 spiro atoms. The van der Waals surface area contributed by atoms with E-state index in [2.05, 4.69) is 18.9 Å². The fraction of sp³-hybridized carbons (Fsp3) is 0.400. The lowest BCUT2D eigenvalue weighted by atomic mass is 9.92. The molecule has 0 aliphatic rings. The highest BCUT2D eigenvalue weighted by Crippen LogP contribution is 2.47. The Morgan fingerprint density at radius 2 is 1.81 bits per heavy atom. The summed E-state index contributed by atoms with van der Waals surface area (Å²) in [4.78, 5) is 0. The first kappa shape index (κ1) is 15.5. The van der Waals surface area contributed by atoms with Gasteiger partial charge in [0.2, 0.25) is 0 Å². The third kappa shape index (κ3) is 2.53. The molecule has 2 N–H and O–H groups in total. The highest BCUT2D eigenvalue weighted by Gasteiger charge is 2.23. The average Bonchev–Trinajstić information content (AvgIpc) is 2.77. The summed E-state index contributed by atoms with van der Waals surface area (Å²) >= 11 is 6.33. The summed E-state index contributed by atoms with van der Waals surface area (Å²) in [6, 6.07) is 1.85. The molecule has 1 aromatic carbocycles. The third-order valence-electron chi connectivity index (χ3n) is 3.49. The van der Waals surface area contributed by atoms with Gasteiger partial charge in [0.15, 0.2) is 11.5 Å². The highest BCUT2D eigenvalue weighted by molar-refractivity contribution is 6.32. The first-order valence-electron chi connectivity index (χ1n) is 6.64. The Balaban J connectivity index is 2.83. The molecule has 0 fully saturated rings. The molecule has 0 saturated heterocycles. The summed E-state index contributed by atoms with van der Waals surface area (Å²) in [6.07, 6.45) is 1.73. The van der Waals surface area contributed by atoms with Gasteiger partial charge in [0, 0.05) is 18.2 Å². The lowest BCUT2D eigenvalue weighted by molar-refractivity contribution is 0.351. The summed E-state index contributed by atoms with van der Waals surface area (Å²) in [6.45, 7) is 4.17. The van der Waals surface area contributed by atoms with Crippen LogP contribution in [0.25, 0.3) is 11.1 Å². The van der Waals surface area contributed by atoms with Crippen LogP contribution in [0.15, 0.2) is 12.3 Å². The smallest absolute Gasteiger partial charge is 0.179 e. The van der Waals surface area contributed by atoms with E-state index in [0.717, 1.165) is 16.7 Å². The van der Waals surface area contributed by atoms with Crippen LogP contribution in [0.5, 0.6) is 11.5 Å². The molecule has 0 atom stereocenters. The number of nitrogens with zero attached hydrogens (tertiary/aromatic N) is 2. The Bertz CT molecular complexity index is 665. The quantitative estimate of drug-likeness (QED) is 0.939. The number of nitrogen functional groups attached to an aromatic ring is 1. The molecule has 0 radical (unpaired) electrons. The standard InChI is InChI=1S/C15H20ClN3O2/c1-8(2)12-9(10-7-18-19(3)15(10)17)6-11(16)13(20-4)14(12)21-5/h6-8H,17H2,1-5H3. The Morgan fingerprint density at radius 3 is 2.24 bits per heavy atom. The summed E-state index contributed by atoms with van der Waals surface area (Å²) in [5.41, 5.74) is 8.85. The molecule has 2 rings (SSSR count). The predicted molar refractivity (Wildman–Crippen MR) is 85.3 cm³/mol. The summed E-state index contributed by atoms with van der Waals surface area (Å²) in [5, 5.41) is 4.68. The van der Waals surface area contributed by atoms with Crippen molar-refractivity contribution in [1.29, 1.82) is 0 Å². The van der Waals surface area contributed by atoms with Gasteiger partial charge in [-0.15, -0.1) is 0 Å². The van der Waals surface area contributed by atoms with Gasteiger partial charge in [0.1, 0.15) is 5.82 Å². The number of aryl methyl sites for hydroxylation is 1. The number of ether oxygens (including phenoxy) is 2. The number of nitrogens with two attached hydrogens (primary N) is 1. The molecule has 21 heavy (non-hydrogen) atoms. The normalized spacial score (nSPS) is 11.0. The number of anilines is 1. The minimum atomic E-state index is 0.209. The Morgan fingerprint density at radius 1 is 1.19 bits per heavy atom. The second-order valence-corrected chi connectivity index (χ2v) is 5.52. The van der Waals surface area contributed by atoms with E-state index in [9.17, 15) is 0 Å². The third-order valence-corrected chi connectivity index (χ3v) is 3.77. The van der Waals surface area contributed by atoms with E-state index in [-0.39, 0.29) is 5.92 Å². The Labute approximate surface area is 129 Å². The first-order valence-corrected chi connectivity index (χ1v) is 7.02. The molecule has 0 bridgehead atoms. The van der Waals surface area contributed by atoms with Crippen molar-refractivity contribution in [2.24, 2.45) is 7.05 Å². The van der Waals surface area contributed by atoms with Crippen LogP contribution in [0.1, 0.15) is 25.3 Å². The van der Waals surface area contributed by atoms with E-state index in [1.165, 1.54) is 0 Å². The van der Waals surface area contributed by atoms with E-state index < -0.39 is 0 Å². The molecule has 6 heteroatoms. The zero-order valence-corrected chi connectivity index (χ0v) is 13.7. The second-order valence-electron chi connectivity index (χ2n) is 5.11. The molecule has 2 aromatic rings. The minimum absolute atomic E-state index is 0.209. The van der Waals surface area contributed by atoms with Crippen LogP contribution in [-0.4, -0.2) is 24.0 Å². The molecule has 0 unspecified atom stereocenters. The van der Waals surface area contributed by atoms with Gasteiger partial charge in [-0.1, -0.05) is 25.4 Å². The summed E-state index contributed by atoms with van der Waals surface area (Å²) in [7, 11) is 4.98. The van der Waals surface area contributed by atoms with Crippen LogP contribution in [0.3, 0.4) is 0 Å². The molecule has 0 aliphatic heterocycles. The van der Waals surface area contributed by atoms with Gasteiger partial charge in [-0.05, 0) is 17.5 Å². The number of hydrogen-bond donors (Lipinski definition) is 1. The van der Waals surface area contributed by atoms with Crippen molar-refractivity contribution in [3.8, 4) is 22.6 Å². The molecular formula is C15H20ClN3O2. The Hall–Kier alpha value is -1.88. The Kier molecular flexibility index (Phi) is 4.32. The fourth-order valence-corrected chi connectivity index (χ4v) is 2.74. The van der Waals surface area contributed by atoms with Crippen molar-refractivity contribution in [1.82, 2.24) is 9.78 Å². The van der Waals surface area contributed by atoms with Crippen molar-refractivity contribution in [3.05, 3.63) is 22.8 Å². The molecule has 0 saturated carbocycles. The fourth-order valence-electron chi connectivity index (χ4n) is 2.47. The maximum absolute atomic E-state index is 6.33. The molecule has 0 amide bonds. The largest absolute Gasteiger partial charge is 0.492 e. The van der Waals surface area contributed by atoms with Gasteiger partial charge in [-0.25, -0.2) is 0 Å². The van der Waals surface area contributed by atoms with Crippen molar-refractivity contribution in [3.63, 3.8) is 0 Å². The van der Waals surface area contributed by atoms with Gasteiger partial charge in [0.05, 0.1) is 25.4 Å². The van der Waals surface area contributed by atoms with Gasteiger partial charge in [0.25, 0.3) is 0 Å². The van der Waals surface area contributed by atoms with Crippen LogP contribution in [0, 0.1) is 0 Å². The topological polar surface area (TPSA) is 62.3 Å². The maximum atomic E-state index is 6.33. The number of hydrogen-bond acceptors (Lipinski definition) is 4. The van der Waals surface area contributed by atoms with E-state index in [1.54, 1.807) is 32.1 Å². The van der Waals surface area contributed by atoms with Crippen LogP contribution >= 0.6 is 11.6 Å². The van der Waals surface area contributed by atoms with Gasteiger partial charge in [-0.3, -0.25) is 4.68 Å². The summed E-state index contributed by atoms with van der Waals surface area (Å²) in [5.74, 6) is 1.97. The second kappa shape index (κ2) is 5.85. The molecule has 1 aromatic heterocycles. The first-order chi connectivity index (χ1) is 9.92. The zero-order chi connectivity index (χ0) is 15.7. The molecule has 0 aliphatic carbocycles. The van der Waals surface area contributed by atoms with Crippen molar-refractivity contribution in [2.45, 2.75) is 19.8 Å². The zero-order valence-electron chi connectivity index (χ0n) is 12.9. The van der Waals surface area contributed by atoms with Crippen molar-refractivity contribution in [2.75, 3.05) is 20.0 Å². The molecule has 5 nitrogen and oxygen atoms in total. The number of halogens is 1. The summed E-state index contributed by atoms with van der Waals surface area (Å²) < 4.78 is 12.5. The van der Waals surface area contributed by atoms with Crippen molar-refractivity contribution >= 4 is 17.4 Å². The SMILES string of the molecule is COc1c(Cl)cc(-c2cnn(C)c2N)c(C(C)C)c1OC. The minimum Gasteiger partial charge on any atom is -0.492 e. The van der Waals surface area contributed by atoms with Gasteiger partial charge >= 0.3 is 0 Å². The van der Waals surface area contributed by atoms with Crippen molar-refractivity contribution < 1.29 is 9.47 Å². The van der Waals surface area contributed by atoms with Gasteiger partial charge in [-0.2, -0.15) is 5.10 Å². The predicted octanol–water partition coefficient (Wildman–Crippen LogP) is 3.46. The number of aromatic nitrogens is 2. The maximum Gasteiger partial charge on any atom is 0.179 e. The van der Waals surface area contributed by atoms with E-state index >= 15 is 0 Å². The molecular weight excluding hydrogens is 290 g/mol. The lowest BCUT2D eigenvalue weighted by Gasteiger charge is -2.20. The van der Waals surface area contributed by atoms with Crippen LogP contribution in [-0.2, 0) is 7.05 Å². The van der Waals surface area contributed by atoms with Crippen LogP contribution < -0.4 is 15.2 Å². The molecule has 1 heterocycles. The number of methoxy groups -OCH3 is 2.